The normalized spacial score (nSPS) is 14.7. The summed E-state index contributed by atoms with van der Waals surface area (Å²) in [5.74, 6) is -0.266. The highest BCUT2D eigenvalue weighted by Crippen LogP contribution is 2.16. The molecular formula is C10H17N3O2. The van der Waals surface area contributed by atoms with Crippen LogP contribution >= 0.6 is 0 Å². The lowest BCUT2D eigenvalue weighted by molar-refractivity contribution is -0.146. The molecule has 0 aromatic carbocycles. The summed E-state index contributed by atoms with van der Waals surface area (Å²) < 4.78 is 6.67. The van der Waals surface area contributed by atoms with Crippen LogP contribution in [0.2, 0.25) is 0 Å². The van der Waals surface area contributed by atoms with Gasteiger partial charge in [0.1, 0.15) is 6.04 Å². The second-order valence-corrected chi connectivity index (χ2v) is 3.44. The SMILES string of the molecule is CCOC(=O)C(C)n1cncc1[C@H](C)N. The van der Waals surface area contributed by atoms with E-state index in [1.165, 1.54) is 0 Å². The molecular weight excluding hydrogens is 194 g/mol. The van der Waals surface area contributed by atoms with Crippen LogP contribution in [0, 0.1) is 0 Å². The lowest BCUT2D eigenvalue weighted by Crippen LogP contribution is -2.22. The van der Waals surface area contributed by atoms with Crippen molar-refractivity contribution in [2.75, 3.05) is 6.61 Å². The van der Waals surface area contributed by atoms with E-state index in [1.807, 2.05) is 6.92 Å². The van der Waals surface area contributed by atoms with E-state index in [2.05, 4.69) is 4.98 Å². The Balaban J connectivity index is 2.85. The number of carbonyl (C=O) groups is 1. The summed E-state index contributed by atoms with van der Waals surface area (Å²) in [7, 11) is 0. The molecule has 1 unspecified atom stereocenters. The fraction of sp³-hybridized carbons (Fsp3) is 0.600. The molecule has 0 amide bonds. The van der Waals surface area contributed by atoms with Crippen LogP contribution in [0.1, 0.15) is 38.5 Å². The summed E-state index contributed by atoms with van der Waals surface area (Å²) in [5.41, 5.74) is 6.59. The van der Waals surface area contributed by atoms with Crippen molar-refractivity contribution in [2.45, 2.75) is 32.9 Å². The summed E-state index contributed by atoms with van der Waals surface area (Å²) in [6.07, 6.45) is 3.26. The van der Waals surface area contributed by atoms with E-state index >= 15 is 0 Å². The average Bonchev–Trinajstić information content (AvgIpc) is 2.65. The fourth-order valence-electron chi connectivity index (χ4n) is 1.37. The van der Waals surface area contributed by atoms with Gasteiger partial charge >= 0.3 is 5.97 Å². The van der Waals surface area contributed by atoms with Crippen molar-refractivity contribution in [1.82, 2.24) is 9.55 Å². The van der Waals surface area contributed by atoms with Gasteiger partial charge in [0.25, 0.3) is 0 Å². The number of carbonyl (C=O) groups excluding carboxylic acids is 1. The summed E-state index contributed by atoms with van der Waals surface area (Å²) in [6, 6.07) is -0.530. The molecule has 0 saturated carbocycles. The van der Waals surface area contributed by atoms with Crippen molar-refractivity contribution in [2.24, 2.45) is 5.73 Å². The number of hydrogen-bond acceptors (Lipinski definition) is 4. The zero-order valence-corrected chi connectivity index (χ0v) is 9.30. The Labute approximate surface area is 89.2 Å². The van der Waals surface area contributed by atoms with E-state index in [1.54, 1.807) is 30.9 Å². The predicted molar refractivity (Wildman–Crippen MR) is 56.2 cm³/mol. The maximum atomic E-state index is 11.5. The first-order chi connectivity index (χ1) is 7.07. The molecule has 0 spiro atoms. The van der Waals surface area contributed by atoms with Crippen LogP contribution < -0.4 is 5.73 Å². The minimum absolute atomic E-state index is 0.149. The molecule has 1 aromatic rings. The minimum atomic E-state index is -0.381. The number of aromatic nitrogens is 2. The van der Waals surface area contributed by atoms with Crippen LogP contribution in [0.5, 0.6) is 0 Å². The molecule has 1 aromatic heterocycles. The lowest BCUT2D eigenvalue weighted by Gasteiger charge is -2.16. The number of hydrogen-bond donors (Lipinski definition) is 1. The quantitative estimate of drug-likeness (QED) is 0.755. The second-order valence-electron chi connectivity index (χ2n) is 3.44. The van der Waals surface area contributed by atoms with Crippen LogP contribution in [-0.2, 0) is 9.53 Å². The molecule has 5 nitrogen and oxygen atoms in total. The number of rotatable bonds is 4. The van der Waals surface area contributed by atoms with Gasteiger partial charge < -0.3 is 15.0 Å². The van der Waals surface area contributed by atoms with Gasteiger partial charge in [-0.15, -0.1) is 0 Å². The van der Waals surface area contributed by atoms with Crippen molar-refractivity contribution in [3.05, 3.63) is 18.2 Å². The van der Waals surface area contributed by atoms with Crippen LogP contribution in [0.4, 0.5) is 0 Å². The molecule has 15 heavy (non-hydrogen) atoms. The molecule has 0 bridgehead atoms. The zero-order valence-electron chi connectivity index (χ0n) is 9.30. The maximum absolute atomic E-state index is 11.5. The van der Waals surface area contributed by atoms with Gasteiger partial charge in [0.15, 0.2) is 0 Å². The van der Waals surface area contributed by atoms with E-state index in [0.717, 1.165) is 5.69 Å². The number of nitrogens with zero attached hydrogens (tertiary/aromatic N) is 2. The summed E-state index contributed by atoms with van der Waals surface area (Å²) in [4.78, 5) is 15.5. The van der Waals surface area contributed by atoms with Gasteiger partial charge in [0.05, 0.1) is 18.6 Å². The molecule has 0 fully saturated rings. The molecule has 2 N–H and O–H groups in total. The van der Waals surface area contributed by atoms with Gasteiger partial charge in [-0.2, -0.15) is 0 Å². The van der Waals surface area contributed by atoms with E-state index in [-0.39, 0.29) is 18.1 Å². The third-order valence-corrected chi connectivity index (χ3v) is 2.21. The molecule has 84 valence electrons. The van der Waals surface area contributed by atoms with Gasteiger partial charge in [-0.25, -0.2) is 9.78 Å². The first-order valence-electron chi connectivity index (χ1n) is 5.01. The Bertz CT molecular complexity index is 333. The second kappa shape index (κ2) is 4.93. The number of esters is 1. The monoisotopic (exact) mass is 211 g/mol. The molecule has 0 radical (unpaired) electrons. The average molecular weight is 211 g/mol. The first kappa shape index (κ1) is 11.7. The van der Waals surface area contributed by atoms with E-state index in [0.29, 0.717) is 6.61 Å². The van der Waals surface area contributed by atoms with Gasteiger partial charge in [-0.3, -0.25) is 0 Å². The third kappa shape index (κ3) is 2.56. The van der Waals surface area contributed by atoms with Crippen LogP contribution in [-0.4, -0.2) is 22.1 Å². The molecule has 5 heteroatoms. The van der Waals surface area contributed by atoms with Crippen LogP contribution in [0.3, 0.4) is 0 Å². The molecule has 1 rings (SSSR count). The van der Waals surface area contributed by atoms with E-state index in [9.17, 15) is 4.79 Å². The Morgan fingerprint density at radius 1 is 1.67 bits per heavy atom. The molecule has 0 aliphatic rings. The number of ether oxygens (including phenoxy) is 1. The standard InChI is InChI=1S/C10H17N3O2/c1-4-15-10(14)8(3)13-6-12-5-9(13)7(2)11/h5-8H,4,11H2,1-3H3/t7-,8?/m0/s1. The molecule has 2 atom stereocenters. The Morgan fingerprint density at radius 3 is 2.87 bits per heavy atom. The van der Waals surface area contributed by atoms with Gasteiger partial charge in [0, 0.05) is 12.2 Å². The Hall–Kier alpha value is -1.36. The minimum Gasteiger partial charge on any atom is -0.464 e. The largest absolute Gasteiger partial charge is 0.464 e. The summed E-state index contributed by atoms with van der Waals surface area (Å²) in [6.45, 7) is 5.79. The van der Waals surface area contributed by atoms with Gasteiger partial charge in [-0.1, -0.05) is 0 Å². The van der Waals surface area contributed by atoms with Crippen molar-refractivity contribution >= 4 is 5.97 Å². The topological polar surface area (TPSA) is 70.1 Å². The Kier molecular flexibility index (Phi) is 3.85. The Morgan fingerprint density at radius 2 is 2.33 bits per heavy atom. The maximum Gasteiger partial charge on any atom is 0.328 e. The van der Waals surface area contributed by atoms with Crippen molar-refractivity contribution in [1.29, 1.82) is 0 Å². The molecule has 0 aliphatic heterocycles. The molecule has 0 saturated heterocycles. The van der Waals surface area contributed by atoms with Crippen molar-refractivity contribution in [3.63, 3.8) is 0 Å². The third-order valence-electron chi connectivity index (χ3n) is 2.21. The van der Waals surface area contributed by atoms with Gasteiger partial charge in [0.2, 0.25) is 0 Å². The fourth-order valence-corrected chi connectivity index (χ4v) is 1.37. The summed E-state index contributed by atoms with van der Waals surface area (Å²) >= 11 is 0. The highest BCUT2D eigenvalue weighted by molar-refractivity contribution is 5.73. The highest BCUT2D eigenvalue weighted by atomic mass is 16.5. The lowest BCUT2D eigenvalue weighted by atomic mass is 10.2. The highest BCUT2D eigenvalue weighted by Gasteiger charge is 2.19. The first-order valence-corrected chi connectivity index (χ1v) is 5.01. The number of nitrogens with two attached hydrogens (primary N) is 1. The molecule has 0 aliphatic carbocycles. The van der Waals surface area contributed by atoms with E-state index < -0.39 is 0 Å². The van der Waals surface area contributed by atoms with Crippen LogP contribution in [0.25, 0.3) is 0 Å². The zero-order chi connectivity index (χ0) is 11.4. The molecule has 1 heterocycles. The predicted octanol–water partition coefficient (Wildman–Crippen LogP) is 1.03. The van der Waals surface area contributed by atoms with E-state index in [4.69, 9.17) is 10.5 Å². The van der Waals surface area contributed by atoms with Crippen LogP contribution in [0.15, 0.2) is 12.5 Å². The number of imidazole rings is 1. The van der Waals surface area contributed by atoms with Gasteiger partial charge in [-0.05, 0) is 20.8 Å². The smallest absolute Gasteiger partial charge is 0.328 e. The van der Waals surface area contributed by atoms with Crippen molar-refractivity contribution < 1.29 is 9.53 Å². The summed E-state index contributed by atoms with van der Waals surface area (Å²) in [5, 5.41) is 0. The van der Waals surface area contributed by atoms with Crippen molar-refractivity contribution in [3.8, 4) is 0 Å².